The lowest BCUT2D eigenvalue weighted by Gasteiger charge is -2.20. The summed E-state index contributed by atoms with van der Waals surface area (Å²) in [6.07, 6.45) is 1.36. The minimum absolute atomic E-state index is 0.234. The Hall–Kier alpha value is -0.930. The van der Waals surface area contributed by atoms with Crippen LogP contribution >= 0.6 is 0 Å². The van der Waals surface area contributed by atoms with Crippen LogP contribution in [0.25, 0.3) is 0 Å². The molecule has 0 aliphatic carbocycles. The van der Waals surface area contributed by atoms with Gasteiger partial charge in [-0.25, -0.2) is 4.39 Å². The molecule has 0 radical (unpaired) electrons. The van der Waals surface area contributed by atoms with E-state index in [2.05, 4.69) is 18.7 Å². The highest BCUT2D eigenvalue weighted by atomic mass is 19.1. The zero-order valence-corrected chi connectivity index (χ0v) is 12.8. The third-order valence-corrected chi connectivity index (χ3v) is 4.55. The summed E-state index contributed by atoms with van der Waals surface area (Å²) in [5, 5.41) is 10.2. The van der Waals surface area contributed by atoms with E-state index in [1.807, 2.05) is 6.07 Å². The molecule has 0 spiro atoms. The molecule has 0 aromatic heterocycles. The second-order valence-corrected chi connectivity index (χ2v) is 6.41. The molecule has 0 saturated carbocycles. The topological polar surface area (TPSA) is 23.5 Å². The van der Waals surface area contributed by atoms with Crippen LogP contribution in [0, 0.1) is 24.6 Å². The molecule has 2 unspecified atom stereocenters. The lowest BCUT2D eigenvalue weighted by Crippen LogP contribution is -2.24. The van der Waals surface area contributed by atoms with Crippen LogP contribution in [-0.2, 0) is 0 Å². The van der Waals surface area contributed by atoms with Crippen molar-refractivity contribution in [3.63, 3.8) is 0 Å². The highest BCUT2D eigenvalue weighted by Crippen LogP contribution is 2.25. The molecule has 3 heteroatoms. The van der Waals surface area contributed by atoms with Gasteiger partial charge < -0.3 is 10.0 Å². The number of hydrogen-bond acceptors (Lipinski definition) is 2. The molecular formula is C17H26FNO. The Morgan fingerprint density at radius 3 is 2.75 bits per heavy atom. The maximum Gasteiger partial charge on any atom is 0.126 e. The summed E-state index contributed by atoms with van der Waals surface area (Å²) in [5.41, 5.74) is 1.31. The number of nitrogens with zero attached hydrogens (tertiary/aromatic N) is 1. The predicted octanol–water partition coefficient (Wildman–Crippen LogP) is 3.54. The lowest BCUT2D eigenvalue weighted by molar-refractivity contribution is 0.146. The fourth-order valence-corrected chi connectivity index (χ4v) is 2.90. The normalized spacial score (nSPS) is 21.6. The first-order chi connectivity index (χ1) is 9.47. The summed E-state index contributed by atoms with van der Waals surface area (Å²) in [4.78, 5) is 2.42. The van der Waals surface area contributed by atoms with E-state index in [1.165, 1.54) is 12.5 Å². The van der Waals surface area contributed by atoms with E-state index in [1.54, 1.807) is 13.0 Å². The van der Waals surface area contributed by atoms with E-state index in [0.717, 1.165) is 31.5 Å². The molecule has 1 aromatic rings. The number of rotatable bonds is 5. The van der Waals surface area contributed by atoms with Crippen LogP contribution in [0.2, 0.25) is 0 Å². The first-order valence-corrected chi connectivity index (χ1v) is 7.64. The first kappa shape index (κ1) is 15.5. The van der Waals surface area contributed by atoms with Crippen molar-refractivity contribution >= 4 is 0 Å². The fourth-order valence-electron chi connectivity index (χ4n) is 2.90. The Balaban J connectivity index is 1.83. The van der Waals surface area contributed by atoms with E-state index < -0.39 is 6.10 Å². The molecule has 0 bridgehead atoms. The van der Waals surface area contributed by atoms with Gasteiger partial charge in [-0.2, -0.15) is 0 Å². The van der Waals surface area contributed by atoms with Crippen LogP contribution in [0.1, 0.15) is 43.9 Å². The zero-order chi connectivity index (χ0) is 14.7. The van der Waals surface area contributed by atoms with Crippen LogP contribution in [-0.4, -0.2) is 29.6 Å². The molecule has 0 amide bonds. The number of halogens is 1. The van der Waals surface area contributed by atoms with Gasteiger partial charge in [-0.3, -0.25) is 0 Å². The second-order valence-electron chi connectivity index (χ2n) is 6.41. The van der Waals surface area contributed by atoms with Gasteiger partial charge in [0.2, 0.25) is 0 Å². The first-order valence-electron chi connectivity index (χ1n) is 7.64. The molecule has 1 aliphatic heterocycles. The molecule has 2 atom stereocenters. The minimum Gasteiger partial charge on any atom is -0.388 e. The Labute approximate surface area is 121 Å². The Morgan fingerprint density at radius 1 is 1.40 bits per heavy atom. The third kappa shape index (κ3) is 3.80. The summed E-state index contributed by atoms with van der Waals surface area (Å²) >= 11 is 0. The van der Waals surface area contributed by atoms with Crippen molar-refractivity contribution in [3.05, 3.63) is 35.1 Å². The maximum absolute atomic E-state index is 13.5. The van der Waals surface area contributed by atoms with Crippen LogP contribution in [0.15, 0.2) is 18.2 Å². The Morgan fingerprint density at radius 2 is 2.15 bits per heavy atom. The molecule has 1 saturated heterocycles. The van der Waals surface area contributed by atoms with E-state index in [9.17, 15) is 9.50 Å². The summed E-state index contributed by atoms with van der Waals surface area (Å²) in [5.74, 6) is 1.28. The standard InChI is InChI=1S/C17H26FNO/c1-12(2)15-6-8-19(11-15)9-7-17(20)14-5-4-13(3)16(18)10-14/h4-5,10,12,15,17,20H,6-9,11H2,1-3H3. The molecule has 1 aromatic carbocycles. The molecule has 1 fully saturated rings. The van der Waals surface area contributed by atoms with Gasteiger partial charge in [0, 0.05) is 13.1 Å². The Kier molecular flexibility index (Phi) is 5.17. The highest BCUT2D eigenvalue weighted by molar-refractivity contribution is 5.24. The number of likely N-dealkylation sites (tertiary alicyclic amines) is 1. The number of hydrogen-bond donors (Lipinski definition) is 1. The van der Waals surface area contributed by atoms with Gasteiger partial charge in [0.25, 0.3) is 0 Å². The molecule has 2 rings (SSSR count). The van der Waals surface area contributed by atoms with Gasteiger partial charge in [0.05, 0.1) is 6.10 Å². The molecule has 2 nitrogen and oxygen atoms in total. The van der Waals surface area contributed by atoms with Crippen molar-refractivity contribution < 1.29 is 9.50 Å². The SMILES string of the molecule is Cc1ccc(C(O)CCN2CCC(C(C)C)C2)cc1F. The van der Waals surface area contributed by atoms with Crippen LogP contribution in [0.5, 0.6) is 0 Å². The zero-order valence-electron chi connectivity index (χ0n) is 12.8. The average Bonchev–Trinajstić information content (AvgIpc) is 2.88. The minimum atomic E-state index is -0.566. The van der Waals surface area contributed by atoms with Gasteiger partial charge in [-0.1, -0.05) is 26.0 Å². The van der Waals surface area contributed by atoms with E-state index >= 15 is 0 Å². The van der Waals surface area contributed by atoms with Gasteiger partial charge in [0.15, 0.2) is 0 Å². The van der Waals surface area contributed by atoms with E-state index in [4.69, 9.17) is 0 Å². The van der Waals surface area contributed by atoms with Crippen molar-refractivity contribution in [2.45, 2.75) is 39.7 Å². The van der Waals surface area contributed by atoms with Crippen molar-refractivity contribution in [1.29, 1.82) is 0 Å². The summed E-state index contributed by atoms with van der Waals surface area (Å²) in [6.45, 7) is 9.43. The van der Waals surface area contributed by atoms with Gasteiger partial charge in [0.1, 0.15) is 5.82 Å². The third-order valence-electron chi connectivity index (χ3n) is 4.55. The predicted molar refractivity (Wildman–Crippen MR) is 80.1 cm³/mol. The molecular weight excluding hydrogens is 253 g/mol. The molecule has 112 valence electrons. The quantitative estimate of drug-likeness (QED) is 0.891. The summed E-state index contributed by atoms with van der Waals surface area (Å²) in [6, 6.07) is 5.02. The van der Waals surface area contributed by atoms with Crippen molar-refractivity contribution in [2.75, 3.05) is 19.6 Å². The van der Waals surface area contributed by atoms with Crippen LogP contribution < -0.4 is 0 Å². The van der Waals surface area contributed by atoms with Crippen molar-refractivity contribution in [1.82, 2.24) is 4.90 Å². The van der Waals surface area contributed by atoms with Crippen LogP contribution in [0.4, 0.5) is 4.39 Å². The number of benzene rings is 1. The highest BCUT2D eigenvalue weighted by Gasteiger charge is 2.25. The molecule has 1 aliphatic rings. The fraction of sp³-hybridized carbons (Fsp3) is 0.647. The molecule has 20 heavy (non-hydrogen) atoms. The summed E-state index contributed by atoms with van der Waals surface area (Å²) < 4.78 is 13.5. The van der Waals surface area contributed by atoms with Crippen LogP contribution in [0.3, 0.4) is 0 Å². The molecule has 1 N–H and O–H groups in total. The van der Waals surface area contributed by atoms with Gasteiger partial charge in [-0.05, 0) is 55.3 Å². The smallest absolute Gasteiger partial charge is 0.126 e. The monoisotopic (exact) mass is 279 g/mol. The van der Waals surface area contributed by atoms with Gasteiger partial charge >= 0.3 is 0 Å². The van der Waals surface area contributed by atoms with E-state index in [-0.39, 0.29) is 5.82 Å². The van der Waals surface area contributed by atoms with Crippen molar-refractivity contribution in [3.8, 4) is 0 Å². The number of aliphatic hydroxyl groups excluding tert-OH is 1. The Bertz CT molecular complexity index is 447. The summed E-state index contributed by atoms with van der Waals surface area (Å²) in [7, 11) is 0. The number of aryl methyl sites for hydroxylation is 1. The second kappa shape index (κ2) is 6.68. The van der Waals surface area contributed by atoms with E-state index in [0.29, 0.717) is 17.5 Å². The molecule has 1 heterocycles. The van der Waals surface area contributed by atoms with Crippen molar-refractivity contribution in [2.24, 2.45) is 11.8 Å². The van der Waals surface area contributed by atoms with Gasteiger partial charge in [-0.15, -0.1) is 0 Å². The largest absolute Gasteiger partial charge is 0.388 e. The average molecular weight is 279 g/mol. The maximum atomic E-state index is 13.5. The lowest BCUT2D eigenvalue weighted by atomic mass is 9.95. The number of aliphatic hydroxyl groups is 1.